The molecule has 34 heavy (non-hydrogen) atoms. The van der Waals surface area contributed by atoms with Crippen molar-refractivity contribution in [3.8, 4) is 5.75 Å². The van der Waals surface area contributed by atoms with E-state index in [0.29, 0.717) is 6.61 Å². The number of hydrogen-bond acceptors (Lipinski definition) is 3. The lowest BCUT2D eigenvalue weighted by Crippen LogP contribution is -2.41. The molecular formula is C26H36F3N3O2. The zero-order valence-corrected chi connectivity index (χ0v) is 20.5. The molecular weight excluding hydrogens is 443 g/mol. The standard InChI is InChI=1S/C26H36F3N3O2/c1-5-31(6-2)18-10-11-20(4)32(19-21-14-16-22(17-15-21)34-7-3)25(33)30-24-13-9-8-12-23(24)26(27,28)29/h8-9,12-17,20H,5-7,10-11,18-19H2,1-4H3,(H,30,33). The Bertz CT molecular complexity index is 884. The van der Waals surface area contributed by atoms with Crippen LogP contribution in [0, 0.1) is 0 Å². The van der Waals surface area contributed by atoms with Crippen LogP contribution in [0.3, 0.4) is 0 Å². The van der Waals surface area contributed by atoms with Gasteiger partial charge in [0.25, 0.3) is 0 Å². The molecule has 0 saturated carbocycles. The fourth-order valence-corrected chi connectivity index (χ4v) is 3.81. The maximum atomic E-state index is 13.4. The van der Waals surface area contributed by atoms with Gasteiger partial charge in [0.2, 0.25) is 0 Å². The number of carbonyl (C=O) groups excluding carboxylic acids is 1. The third kappa shape index (κ3) is 8.24. The van der Waals surface area contributed by atoms with Crippen LogP contribution in [0.4, 0.5) is 23.7 Å². The van der Waals surface area contributed by atoms with Gasteiger partial charge in [-0.15, -0.1) is 0 Å². The van der Waals surface area contributed by atoms with E-state index in [4.69, 9.17) is 4.74 Å². The van der Waals surface area contributed by atoms with Gasteiger partial charge in [0, 0.05) is 12.6 Å². The van der Waals surface area contributed by atoms with Gasteiger partial charge in [0.1, 0.15) is 5.75 Å². The first-order chi connectivity index (χ1) is 16.2. The molecule has 0 aliphatic carbocycles. The van der Waals surface area contributed by atoms with Gasteiger partial charge in [-0.05, 0) is 76.2 Å². The first kappa shape index (κ1) is 27.5. The Morgan fingerprint density at radius 1 is 1.03 bits per heavy atom. The van der Waals surface area contributed by atoms with Crippen LogP contribution in [0.15, 0.2) is 48.5 Å². The molecule has 8 heteroatoms. The van der Waals surface area contributed by atoms with Crippen LogP contribution in [-0.2, 0) is 12.7 Å². The number of rotatable bonds is 12. The summed E-state index contributed by atoms with van der Waals surface area (Å²) >= 11 is 0. The minimum Gasteiger partial charge on any atom is -0.494 e. The van der Waals surface area contributed by atoms with E-state index >= 15 is 0 Å². The van der Waals surface area contributed by atoms with E-state index in [0.717, 1.165) is 49.9 Å². The maximum Gasteiger partial charge on any atom is 0.418 e. The summed E-state index contributed by atoms with van der Waals surface area (Å²) in [5.74, 6) is 0.730. The summed E-state index contributed by atoms with van der Waals surface area (Å²) < 4.78 is 45.8. The number of alkyl halides is 3. The Morgan fingerprint density at radius 3 is 2.26 bits per heavy atom. The van der Waals surface area contributed by atoms with E-state index in [1.165, 1.54) is 18.2 Å². The number of amides is 2. The van der Waals surface area contributed by atoms with Crippen molar-refractivity contribution in [2.75, 3.05) is 31.6 Å². The fourth-order valence-electron chi connectivity index (χ4n) is 3.81. The van der Waals surface area contributed by atoms with Crippen LogP contribution in [0.2, 0.25) is 0 Å². The maximum absolute atomic E-state index is 13.4. The number of benzene rings is 2. The Kier molecular flexibility index (Phi) is 10.7. The molecule has 0 spiro atoms. The second kappa shape index (κ2) is 13.2. The van der Waals surface area contributed by atoms with Crippen molar-refractivity contribution in [1.29, 1.82) is 0 Å². The average molecular weight is 480 g/mol. The molecule has 5 nitrogen and oxygen atoms in total. The smallest absolute Gasteiger partial charge is 0.418 e. The Balaban J connectivity index is 2.20. The van der Waals surface area contributed by atoms with Crippen molar-refractivity contribution in [1.82, 2.24) is 9.80 Å². The molecule has 0 bridgehead atoms. The van der Waals surface area contributed by atoms with Crippen molar-refractivity contribution in [3.05, 3.63) is 59.7 Å². The Morgan fingerprint density at radius 2 is 1.68 bits per heavy atom. The van der Waals surface area contributed by atoms with Gasteiger partial charge in [-0.25, -0.2) is 4.79 Å². The fraction of sp³-hybridized carbons (Fsp3) is 0.500. The van der Waals surface area contributed by atoms with Gasteiger partial charge in [-0.2, -0.15) is 13.2 Å². The molecule has 2 rings (SSSR count). The predicted molar refractivity (Wildman–Crippen MR) is 130 cm³/mol. The van der Waals surface area contributed by atoms with Gasteiger partial charge in [0.05, 0.1) is 17.9 Å². The molecule has 0 aliphatic rings. The normalized spacial score (nSPS) is 12.5. The van der Waals surface area contributed by atoms with E-state index in [-0.39, 0.29) is 18.3 Å². The van der Waals surface area contributed by atoms with Crippen molar-refractivity contribution in [3.63, 3.8) is 0 Å². The van der Waals surface area contributed by atoms with Crippen molar-refractivity contribution in [2.24, 2.45) is 0 Å². The van der Waals surface area contributed by atoms with E-state index in [9.17, 15) is 18.0 Å². The number of carbonyl (C=O) groups is 1. The summed E-state index contributed by atoms with van der Waals surface area (Å²) in [6.07, 6.45) is -2.93. The third-order valence-electron chi connectivity index (χ3n) is 5.84. The molecule has 1 atom stereocenters. The van der Waals surface area contributed by atoms with Gasteiger partial charge in [-0.3, -0.25) is 0 Å². The topological polar surface area (TPSA) is 44.8 Å². The minimum absolute atomic E-state index is 0.167. The second-order valence-corrected chi connectivity index (χ2v) is 8.20. The number of hydrogen-bond donors (Lipinski definition) is 1. The zero-order valence-electron chi connectivity index (χ0n) is 20.5. The molecule has 0 fully saturated rings. The zero-order chi connectivity index (χ0) is 25.1. The van der Waals surface area contributed by atoms with Crippen LogP contribution in [-0.4, -0.2) is 48.1 Å². The molecule has 0 heterocycles. The molecule has 0 aliphatic heterocycles. The highest BCUT2D eigenvalue weighted by molar-refractivity contribution is 5.90. The monoisotopic (exact) mass is 479 g/mol. The quantitative estimate of drug-likeness (QED) is 0.371. The number of halogens is 3. The van der Waals surface area contributed by atoms with Gasteiger partial charge >= 0.3 is 12.2 Å². The molecule has 2 aromatic rings. The summed E-state index contributed by atoms with van der Waals surface area (Å²) in [4.78, 5) is 17.1. The van der Waals surface area contributed by atoms with Crippen molar-refractivity contribution >= 4 is 11.7 Å². The first-order valence-electron chi connectivity index (χ1n) is 11.9. The minimum atomic E-state index is -4.56. The molecule has 2 amide bonds. The molecule has 0 aromatic heterocycles. The number of nitrogens with zero attached hydrogens (tertiary/aromatic N) is 2. The summed E-state index contributed by atoms with van der Waals surface area (Å²) in [6.45, 7) is 11.7. The van der Waals surface area contributed by atoms with E-state index in [1.54, 1.807) is 4.90 Å². The van der Waals surface area contributed by atoms with Gasteiger partial charge in [0.15, 0.2) is 0 Å². The number of anilines is 1. The van der Waals surface area contributed by atoms with Crippen LogP contribution in [0.5, 0.6) is 5.75 Å². The molecule has 2 aromatic carbocycles. The van der Waals surface area contributed by atoms with Crippen LogP contribution in [0.25, 0.3) is 0 Å². The van der Waals surface area contributed by atoms with Gasteiger partial charge < -0.3 is 19.9 Å². The second-order valence-electron chi connectivity index (χ2n) is 8.20. The number of ether oxygens (including phenoxy) is 1. The molecule has 188 valence electrons. The molecule has 0 radical (unpaired) electrons. The highest BCUT2D eigenvalue weighted by Crippen LogP contribution is 2.34. The van der Waals surface area contributed by atoms with Crippen molar-refractivity contribution < 1.29 is 22.7 Å². The lowest BCUT2D eigenvalue weighted by atomic mass is 10.1. The van der Waals surface area contributed by atoms with Gasteiger partial charge in [-0.1, -0.05) is 38.1 Å². The highest BCUT2D eigenvalue weighted by atomic mass is 19.4. The first-order valence-corrected chi connectivity index (χ1v) is 11.9. The lowest BCUT2D eigenvalue weighted by molar-refractivity contribution is -0.136. The average Bonchev–Trinajstić information content (AvgIpc) is 2.81. The van der Waals surface area contributed by atoms with Crippen molar-refractivity contribution in [2.45, 2.75) is 59.3 Å². The summed E-state index contributed by atoms with van der Waals surface area (Å²) in [5.41, 5.74) is -0.233. The Hall–Kier alpha value is -2.74. The van der Waals surface area contributed by atoms with Crippen LogP contribution >= 0.6 is 0 Å². The van der Waals surface area contributed by atoms with E-state index in [2.05, 4.69) is 24.1 Å². The molecule has 1 N–H and O–H groups in total. The predicted octanol–water partition coefficient (Wildman–Crippen LogP) is 6.65. The third-order valence-corrected chi connectivity index (χ3v) is 5.84. The number of nitrogens with one attached hydrogen (secondary N) is 1. The SMILES string of the molecule is CCOc1ccc(CN(C(=O)Nc2ccccc2C(F)(F)F)C(C)CCCN(CC)CC)cc1. The van der Waals surface area contributed by atoms with E-state index < -0.39 is 17.8 Å². The largest absolute Gasteiger partial charge is 0.494 e. The molecule has 0 saturated heterocycles. The number of para-hydroxylation sites is 1. The Labute approximate surface area is 200 Å². The van der Waals surface area contributed by atoms with E-state index in [1.807, 2.05) is 38.1 Å². The van der Waals surface area contributed by atoms with Crippen LogP contribution in [0.1, 0.15) is 51.7 Å². The summed E-state index contributed by atoms with van der Waals surface area (Å²) in [5, 5.41) is 2.50. The molecule has 1 unspecified atom stereocenters. The number of urea groups is 1. The summed E-state index contributed by atoms with van der Waals surface area (Å²) in [7, 11) is 0. The summed E-state index contributed by atoms with van der Waals surface area (Å²) in [6, 6.07) is 11.7. The lowest BCUT2D eigenvalue weighted by Gasteiger charge is -2.31. The highest BCUT2D eigenvalue weighted by Gasteiger charge is 2.34. The van der Waals surface area contributed by atoms with Crippen LogP contribution < -0.4 is 10.1 Å².